The molecule has 3 N–H and O–H groups in total. The highest BCUT2D eigenvalue weighted by Gasteiger charge is 2.30. The molecule has 98 valence electrons. The van der Waals surface area contributed by atoms with Gasteiger partial charge in [0, 0.05) is 13.1 Å². The molecule has 1 aliphatic heterocycles. The molecule has 0 aromatic heterocycles. The minimum atomic E-state index is -0.819. The number of hydrogen-bond donors (Lipinski definition) is 2. The van der Waals surface area contributed by atoms with Crippen molar-refractivity contribution in [3.05, 3.63) is 0 Å². The number of likely N-dealkylation sites (tertiary alicyclic amines) is 1. The van der Waals surface area contributed by atoms with Crippen LogP contribution in [0.1, 0.15) is 19.3 Å². The zero-order valence-corrected chi connectivity index (χ0v) is 10.9. The number of rotatable bonds is 5. The van der Waals surface area contributed by atoms with Crippen molar-refractivity contribution in [2.75, 3.05) is 25.1 Å². The summed E-state index contributed by atoms with van der Waals surface area (Å²) in [4.78, 5) is 24.5. The maximum absolute atomic E-state index is 12.0. The van der Waals surface area contributed by atoms with Gasteiger partial charge >= 0.3 is 5.97 Å². The van der Waals surface area contributed by atoms with Crippen molar-refractivity contribution in [3.63, 3.8) is 0 Å². The fourth-order valence-electron chi connectivity index (χ4n) is 1.98. The van der Waals surface area contributed by atoms with Gasteiger partial charge in [0.2, 0.25) is 5.91 Å². The van der Waals surface area contributed by atoms with E-state index in [1.807, 2.05) is 6.26 Å². The van der Waals surface area contributed by atoms with E-state index in [4.69, 9.17) is 10.8 Å². The van der Waals surface area contributed by atoms with Crippen LogP contribution in [0.25, 0.3) is 0 Å². The Balaban J connectivity index is 2.48. The van der Waals surface area contributed by atoms with Gasteiger partial charge in [0.25, 0.3) is 0 Å². The lowest BCUT2D eigenvalue weighted by atomic mass is 9.97. The van der Waals surface area contributed by atoms with E-state index in [-0.39, 0.29) is 5.91 Å². The van der Waals surface area contributed by atoms with E-state index < -0.39 is 17.9 Å². The van der Waals surface area contributed by atoms with Crippen LogP contribution in [0.2, 0.25) is 0 Å². The summed E-state index contributed by atoms with van der Waals surface area (Å²) < 4.78 is 0. The van der Waals surface area contributed by atoms with Gasteiger partial charge in [-0.05, 0) is 31.3 Å². The number of hydrogen-bond acceptors (Lipinski definition) is 4. The lowest BCUT2D eigenvalue weighted by Gasteiger charge is -2.32. The molecular formula is C11H20N2O3S. The van der Waals surface area contributed by atoms with Crippen LogP contribution in [0.15, 0.2) is 0 Å². The van der Waals surface area contributed by atoms with Crippen molar-refractivity contribution >= 4 is 23.6 Å². The number of nitrogens with zero attached hydrogens (tertiary/aromatic N) is 1. The fourth-order valence-corrected chi connectivity index (χ4v) is 2.47. The maximum Gasteiger partial charge on any atom is 0.308 e. The van der Waals surface area contributed by atoms with Crippen molar-refractivity contribution < 1.29 is 14.7 Å². The first-order valence-electron chi connectivity index (χ1n) is 5.82. The minimum absolute atomic E-state index is 0.106. The first-order chi connectivity index (χ1) is 8.06. The van der Waals surface area contributed by atoms with Crippen molar-refractivity contribution in [2.24, 2.45) is 11.7 Å². The summed E-state index contributed by atoms with van der Waals surface area (Å²) in [5.41, 5.74) is 5.80. The molecule has 1 amide bonds. The second-order valence-corrected chi connectivity index (χ2v) is 5.34. The molecule has 0 aromatic carbocycles. The average molecular weight is 260 g/mol. The molecule has 1 fully saturated rings. The fraction of sp³-hybridized carbons (Fsp3) is 0.818. The van der Waals surface area contributed by atoms with Gasteiger partial charge < -0.3 is 15.7 Å². The number of amides is 1. The first kappa shape index (κ1) is 14.3. The highest BCUT2D eigenvalue weighted by Crippen LogP contribution is 2.17. The van der Waals surface area contributed by atoms with Gasteiger partial charge in [-0.3, -0.25) is 9.59 Å². The number of thioether (sulfide) groups is 1. The molecule has 6 heteroatoms. The lowest BCUT2D eigenvalue weighted by molar-refractivity contribution is -0.146. The van der Waals surface area contributed by atoms with Crippen LogP contribution < -0.4 is 5.73 Å². The average Bonchev–Trinajstić information content (AvgIpc) is 2.35. The number of carbonyl (C=O) groups excluding carboxylic acids is 1. The molecule has 0 aromatic rings. The third-order valence-corrected chi connectivity index (χ3v) is 3.68. The maximum atomic E-state index is 12.0. The molecule has 0 unspecified atom stereocenters. The van der Waals surface area contributed by atoms with E-state index in [1.165, 1.54) is 0 Å². The molecule has 0 spiro atoms. The van der Waals surface area contributed by atoms with Gasteiger partial charge in [-0.1, -0.05) is 0 Å². The van der Waals surface area contributed by atoms with E-state index in [9.17, 15) is 9.59 Å². The molecule has 17 heavy (non-hydrogen) atoms. The molecule has 5 nitrogen and oxygen atoms in total. The molecule has 0 saturated carbocycles. The van der Waals surface area contributed by atoms with E-state index in [1.54, 1.807) is 16.7 Å². The molecule has 1 aliphatic rings. The van der Waals surface area contributed by atoms with Crippen LogP contribution >= 0.6 is 11.8 Å². The number of carbonyl (C=O) groups is 2. The largest absolute Gasteiger partial charge is 0.481 e. The Bertz CT molecular complexity index is 286. The summed E-state index contributed by atoms with van der Waals surface area (Å²) in [7, 11) is 0. The Labute approximate surface area is 106 Å². The Kier molecular flexibility index (Phi) is 5.77. The predicted octanol–water partition coefficient (Wildman–Crippen LogP) is 0.390. The highest BCUT2D eigenvalue weighted by atomic mass is 32.2. The summed E-state index contributed by atoms with van der Waals surface area (Å²) in [6, 6.07) is -0.491. The summed E-state index contributed by atoms with van der Waals surface area (Å²) >= 11 is 1.65. The van der Waals surface area contributed by atoms with Crippen LogP contribution in [0, 0.1) is 5.92 Å². The Morgan fingerprint density at radius 2 is 2.29 bits per heavy atom. The van der Waals surface area contributed by atoms with Gasteiger partial charge in [0.05, 0.1) is 12.0 Å². The summed E-state index contributed by atoms with van der Waals surface area (Å²) in [6.45, 7) is 0.941. The highest BCUT2D eigenvalue weighted by molar-refractivity contribution is 7.98. The van der Waals surface area contributed by atoms with Crippen molar-refractivity contribution in [2.45, 2.75) is 25.3 Å². The molecule has 0 bridgehead atoms. The second-order valence-electron chi connectivity index (χ2n) is 4.35. The van der Waals surface area contributed by atoms with E-state index in [0.29, 0.717) is 25.9 Å². The number of aliphatic carboxylic acids is 1. The summed E-state index contributed by atoms with van der Waals surface area (Å²) in [5.74, 6) is -0.506. The smallest absolute Gasteiger partial charge is 0.308 e. The summed E-state index contributed by atoms with van der Waals surface area (Å²) in [6.07, 6.45) is 4.02. The molecule has 1 rings (SSSR count). The van der Waals surface area contributed by atoms with E-state index in [2.05, 4.69) is 0 Å². The summed E-state index contributed by atoms with van der Waals surface area (Å²) in [5, 5.41) is 8.95. The van der Waals surface area contributed by atoms with Crippen molar-refractivity contribution in [1.82, 2.24) is 4.90 Å². The van der Waals surface area contributed by atoms with Gasteiger partial charge in [0.15, 0.2) is 0 Å². The lowest BCUT2D eigenvalue weighted by Crippen LogP contribution is -2.49. The Morgan fingerprint density at radius 3 is 2.88 bits per heavy atom. The number of carboxylic acids is 1. The minimum Gasteiger partial charge on any atom is -0.481 e. The predicted molar refractivity (Wildman–Crippen MR) is 67.9 cm³/mol. The SMILES string of the molecule is CSCC[C@@H](N)C(=O)N1CCC[C@H](C(=O)O)C1. The number of nitrogens with two attached hydrogens (primary N) is 1. The second kappa shape index (κ2) is 6.86. The van der Waals surface area contributed by atoms with Crippen LogP contribution in [0.5, 0.6) is 0 Å². The molecule has 1 saturated heterocycles. The van der Waals surface area contributed by atoms with Crippen molar-refractivity contribution in [1.29, 1.82) is 0 Å². The zero-order chi connectivity index (χ0) is 12.8. The van der Waals surface area contributed by atoms with E-state index in [0.717, 1.165) is 12.2 Å². The standard InChI is InChI=1S/C11H20N2O3S/c1-17-6-4-9(12)10(14)13-5-2-3-8(7-13)11(15)16/h8-9H,2-7,12H2,1H3,(H,15,16)/t8-,9+/m0/s1. The van der Waals surface area contributed by atoms with Gasteiger partial charge in [-0.2, -0.15) is 11.8 Å². The molecular weight excluding hydrogens is 240 g/mol. The Morgan fingerprint density at radius 1 is 1.59 bits per heavy atom. The van der Waals surface area contributed by atoms with Crippen LogP contribution in [0.3, 0.4) is 0 Å². The normalized spacial score (nSPS) is 22.2. The van der Waals surface area contributed by atoms with Crippen LogP contribution in [-0.2, 0) is 9.59 Å². The number of carboxylic acid groups (broad SMARTS) is 1. The first-order valence-corrected chi connectivity index (χ1v) is 7.21. The van der Waals surface area contributed by atoms with Crippen LogP contribution in [0.4, 0.5) is 0 Å². The zero-order valence-electron chi connectivity index (χ0n) is 10.1. The number of piperidine rings is 1. The van der Waals surface area contributed by atoms with Crippen molar-refractivity contribution in [3.8, 4) is 0 Å². The molecule has 2 atom stereocenters. The van der Waals surface area contributed by atoms with Gasteiger partial charge in [0.1, 0.15) is 0 Å². The monoisotopic (exact) mass is 260 g/mol. The third kappa shape index (κ3) is 4.20. The van der Waals surface area contributed by atoms with Crippen LogP contribution in [-0.4, -0.2) is 53.0 Å². The van der Waals surface area contributed by atoms with Gasteiger partial charge in [-0.15, -0.1) is 0 Å². The molecule has 1 heterocycles. The third-order valence-electron chi connectivity index (χ3n) is 3.03. The topological polar surface area (TPSA) is 83.6 Å². The Hall–Kier alpha value is -0.750. The molecule has 0 aliphatic carbocycles. The van der Waals surface area contributed by atoms with E-state index >= 15 is 0 Å². The van der Waals surface area contributed by atoms with Gasteiger partial charge in [-0.25, -0.2) is 0 Å². The molecule has 0 radical (unpaired) electrons. The quantitative estimate of drug-likeness (QED) is 0.747.